The van der Waals surface area contributed by atoms with Gasteiger partial charge in [0.1, 0.15) is 23.8 Å². The number of sulfonamides is 1. The maximum Gasteiger partial charge on any atom is 0.243 e. The van der Waals surface area contributed by atoms with E-state index in [0.717, 1.165) is 17.2 Å². The third kappa shape index (κ3) is 3.98. The van der Waals surface area contributed by atoms with E-state index < -0.39 is 10.0 Å². The quantitative estimate of drug-likeness (QED) is 0.629. The van der Waals surface area contributed by atoms with Crippen molar-refractivity contribution >= 4 is 27.4 Å². The van der Waals surface area contributed by atoms with Crippen LogP contribution in [0.15, 0.2) is 47.9 Å². The normalized spacial score (nSPS) is 15.6. The molecule has 0 N–H and O–H groups in total. The average molecular weight is 433 g/mol. The molecule has 4 rings (SSSR count). The number of hydrogen-bond acceptors (Lipinski definition) is 6. The Kier molecular flexibility index (Phi) is 5.28. The molecule has 29 heavy (non-hydrogen) atoms. The molecule has 8 nitrogen and oxygen atoms in total. The lowest BCUT2D eigenvalue weighted by Crippen LogP contribution is -2.49. The number of nitrogens with zero attached hydrogens (tertiary/aromatic N) is 6. The van der Waals surface area contributed by atoms with Gasteiger partial charge in [-0.3, -0.25) is 4.57 Å². The Labute approximate surface area is 174 Å². The van der Waals surface area contributed by atoms with Crippen LogP contribution in [0.1, 0.15) is 11.4 Å². The number of piperazine rings is 1. The predicted octanol–water partition coefficient (Wildman–Crippen LogP) is 2.44. The lowest BCUT2D eigenvalue weighted by molar-refractivity contribution is 0.383. The molecule has 0 unspecified atom stereocenters. The number of halogens is 1. The summed E-state index contributed by atoms with van der Waals surface area (Å²) in [5.74, 6) is 2.15. The number of benzene rings is 1. The van der Waals surface area contributed by atoms with Crippen LogP contribution >= 0.6 is 11.6 Å². The van der Waals surface area contributed by atoms with Crippen molar-refractivity contribution in [2.24, 2.45) is 0 Å². The fourth-order valence-corrected chi connectivity index (χ4v) is 4.96. The number of imidazole rings is 1. The first-order valence-corrected chi connectivity index (χ1v) is 11.0. The van der Waals surface area contributed by atoms with Gasteiger partial charge in [-0.2, -0.15) is 4.31 Å². The number of rotatable bonds is 4. The molecular weight excluding hydrogens is 412 g/mol. The first-order chi connectivity index (χ1) is 13.8. The molecule has 3 aromatic rings. The number of anilines is 1. The minimum absolute atomic E-state index is 0.224. The molecule has 0 atom stereocenters. The lowest BCUT2D eigenvalue weighted by Gasteiger charge is -2.34. The Morgan fingerprint density at radius 1 is 1.00 bits per heavy atom. The summed E-state index contributed by atoms with van der Waals surface area (Å²) >= 11 is 6.12. The molecule has 1 aliphatic heterocycles. The summed E-state index contributed by atoms with van der Waals surface area (Å²) in [5.41, 5.74) is 0.850. The number of aromatic nitrogens is 4. The van der Waals surface area contributed by atoms with Gasteiger partial charge in [0.2, 0.25) is 10.0 Å². The zero-order chi connectivity index (χ0) is 20.6. The van der Waals surface area contributed by atoms with E-state index in [-0.39, 0.29) is 4.90 Å². The van der Waals surface area contributed by atoms with Crippen LogP contribution in [0.25, 0.3) is 5.82 Å². The van der Waals surface area contributed by atoms with Gasteiger partial charge >= 0.3 is 0 Å². The summed E-state index contributed by atoms with van der Waals surface area (Å²) in [5, 5.41) is 0.452. The van der Waals surface area contributed by atoms with E-state index in [1.807, 2.05) is 30.7 Å². The fourth-order valence-electron chi connectivity index (χ4n) is 3.27. The summed E-state index contributed by atoms with van der Waals surface area (Å²) in [7, 11) is -3.58. The average Bonchev–Trinajstić information content (AvgIpc) is 3.24. The molecule has 0 amide bonds. The van der Waals surface area contributed by atoms with Gasteiger partial charge in [0, 0.05) is 49.7 Å². The first kappa shape index (κ1) is 19.8. The Bertz CT molecular complexity index is 1130. The third-order valence-corrected chi connectivity index (χ3v) is 7.23. The van der Waals surface area contributed by atoms with Crippen molar-refractivity contribution in [1.29, 1.82) is 0 Å². The van der Waals surface area contributed by atoms with Crippen molar-refractivity contribution in [3.63, 3.8) is 0 Å². The molecular formula is C19H21ClN6O2S. The fraction of sp³-hybridized carbons (Fsp3) is 0.316. The van der Waals surface area contributed by atoms with E-state index in [1.54, 1.807) is 24.7 Å². The third-order valence-electron chi connectivity index (χ3n) is 4.92. The molecule has 1 aromatic carbocycles. The van der Waals surface area contributed by atoms with Crippen molar-refractivity contribution < 1.29 is 8.42 Å². The van der Waals surface area contributed by atoms with Crippen LogP contribution in [0.2, 0.25) is 5.02 Å². The molecule has 1 saturated heterocycles. The van der Waals surface area contributed by atoms with E-state index >= 15 is 0 Å². The Balaban J connectivity index is 1.52. The summed E-state index contributed by atoms with van der Waals surface area (Å²) < 4.78 is 29.3. The second-order valence-corrected chi connectivity index (χ2v) is 9.25. The summed E-state index contributed by atoms with van der Waals surface area (Å²) in [4.78, 5) is 15.3. The second kappa shape index (κ2) is 7.74. The van der Waals surface area contributed by atoms with E-state index in [9.17, 15) is 8.42 Å². The van der Waals surface area contributed by atoms with Crippen LogP contribution in [0, 0.1) is 13.8 Å². The highest BCUT2D eigenvalue weighted by Gasteiger charge is 2.29. The minimum atomic E-state index is -3.58. The van der Waals surface area contributed by atoms with Gasteiger partial charge < -0.3 is 4.90 Å². The molecule has 0 bridgehead atoms. The van der Waals surface area contributed by atoms with E-state index in [2.05, 4.69) is 19.9 Å². The maximum absolute atomic E-state index is 13.0. The SMILES string of the molecule is Cc1nc(N2CCN(S(=O)(=O)c3ccc(C)c(Cl)c3)CC2)cc(-n2ccnc2)n1. The highest BCUT2D eigenvalue weighted by Crippen LogP contribution is 2.25. The molecule has 152 valence electrons. The number of hydrogen-bond donors (Lipinski definition) is 0. The zero-order valence-corrected chi connectivity index (χ0v) is 17.7. The number of aryl methyl sites for hydroxylation is 2. The second-order valence-electron chi connectivity index (χ2n) is 6.90. The van der Waals surface area contributed by atoms with Crippen LogP contribution in [0.4, 0.5) is 5.82 Å². The molecule has 2 aromatic heterocycles. The highest BCUT2D eigenvalue weighted by atomic mass is 35.5. The van der Waals surface area contributed by atoms with E-state index in [4.69, 9.17) is 11.6 Å². The molecule has 1 aliphatic rings. The monoisotopic (exact) mass is 432 g/mol. The zero-order valence-electron chi connectivity index (χ0n) is 16.2. The molecule has 10 heteroatoms. The molecule has 0 aliphatic carbocycles. The predicted molar refractivity (Wildman–Crippen MR) is 111 cm³/mol. The Morgan fingerprint density at radius 3 is 2.38 bits per heavy atom. The molecule has 0 radical (unpaired) electrons. The molecule has 1 fully saturated rings. The summed E-state index contributed by atoms with van der Waals surface area (Å²) in [6.07, 6.45) is 5.20. The largest absolute Gasteiger partial charge is 0.354 e. The summed E-state index contributed by atoms with van der Waals surface area (Å²) in [6, 6.07) is 6.74. The van der Waals surface area contributed by atoms with Gasteiger partial charge in [-0.1, -0.05) is 17.7 Å². The molecule has 0 saturated carbocycles. The van der Waals surface area contributed by atoms with E-state index in [1.165, 1.54) is 10.4 Å². The van der Waals surface area contributed by atoms with Crippen LogP contribution in [-0.2, 0) is 10.0 Å². The van der Waals surface area contributed by atoms with Gasteiger partial charge in [0.05, 0.1) is 4.90 Å². The standard InChI is InChI=1S/C19H21ClN6O2S/c1-14-3-4-16(11-17(14)20)29(27,28)26-9-7-24(8-10-26)18-12-19(23-15(2)22-18)25-6-5-21-13-25/h3-6,11-13H,7-10H2,1-2H3. The summed E-state index contributed by atoms with van der Waals surface area (Å²) in [6.45, 7) is 5.51. The Hall–Kier alpha value is -2.49. The van der Waals surface area contributed by atoms with Gasteiger partial charge in [0.25, 0.3) is 0 Å². The maximum atomic E-state index is 13.0. The van der Waals surface area contributed by atoms with Gasteiger partial charge in [-0.05, 0) is 31.5 Å². The lowest BCUT2D eigenvalue weighted by atomic mass is 10.2. The van der Waals surface area contributed by atoms with Crippen LogP contribution in [0.3, 0.4) is 0 Å². The van der Waals surface area contributed by atoms with Crippen molar-refractivity contribution in [2.45, 2.75) is 18.7 Å². The van der Waals surface area contributed by atoms with Crippen molar-refractivity contribution in [1.82, 2.24) is 23.8 Å². The van der Waals surface area contributed by atoms with E-state index in [0.29, 0.717) is 37.0 Å². The van der Waals surface area contributed by atoms with Crippen molar-refractivity contribution in [3.05, 3.63) is 59.4 Å². The highest BCUT2D eigenvalue weighted by molar-refractivity contribution is 7.89. The van der Waals surface area contributed by atoms with Crippen LogP contribution in [-0.4, -0.2) is 58.4 Å². The molecule has 0 spiro atoms. The van der Waals surface area contributed by atoms with Crippen molar-refractivity contribution in [2.75, 3.05) is 31.1 Å². The van der Waals surface area contributed by atoms with Gasteiger partial charge in [-0.15, -0.1) is 0 Å². The van der Waals surface area contributed by atoms with Crippen molar-refractivity contribution in [3.8, 4) is 5.82 Å². The van der Waals surface area contributed by atoms with Gasteiger partial charge in [-0.25, -0.2) is 23.4 Å². The molecule has 3 heterocycles. The Morgan fingerprint density at radius 2 is 1.72 bits per heavy atom. The first-order valence-electron chi connectivity index (χ1n) is 9.20. The van der Waals surface area contributed by atoms with Gasteiger partial charge in [0.15, 0.2) is 0 Å². The topological polar surface area (TPSA) is 84.2 Å². The van der Waals surface area contributed by atoms with Crippen LogP contribution < -0.4 is 4.90 Å². The smallest absolute Gasteiger partial charge is 0.243 e. The minimum Gasteiger partial charge on any atom is -0.354 e. The van der Waals surface area contributed by atoms with Crippen LogP contribution in [0.5, 0.6) is 0 Å².